The van der Waals surface area contributed by atoms with Gasteiger partial charge in [0.15, 0.2) is 0 Å². The van der Waals surface area contributed by atoms with E-state index in [0.717, 1.165) is 25.7 Å². The largest absolute Gasteiger partial charge is 0.466 e. The quantitative estimate of drug-likeness (QED) is 0.275. The maximum Gasteiger partial charge on any atom is 0.461 e. The van der Waals surface area contributed by atoms with Crippen molar-refractivity contribution in [3.05, 3.63) is 0 Å². The van der Waals surface area contributed by atoms with Gasteiger partial charge in [-0.15, -0.1) is 11.6 Å². The topological polar surface area (TPSA) is 44.8 Å². The molecule has 1 heterocycles. The molecule has 1 aliphatic rings. The minimum atomic E-state index is -0.341. The summed E-state index contributed by atoms with van der Waals surface area (Å²) in [5.74, 6) is 0.698. The van der Waals surface area contributed by atoms with Crippen molar-refractivity contribution >= 4 is 24.7 Å². The van der Waals surface area contributed by atoms with Crippen molar-refractivity contribution < 1.29 is 18.8 Å². The number of ether oxygens (including phenoxy) is 1. The molecule has 1 atom stereocenters. The van der Waals surface area contributed by atoms with Crippen molar-refractivity contribution in [1.82, 2.24) is 0 Å². The zero-order valence-corrected chi connectivity index (χ0v) is 15.4. The van der Waals surface area contributed by atoms with E-state index in [2.05, 4.69) is 0 Å². The van der Waals surface area contributed by atoms with Gasteiger partial charge in [0.25, 0.3) is 0 Å². The highest BCUT2D eigenvalue weighted by Crippen LogP contribution is 2.42. The Morgan fingerprint density at radius 1 is 1.14 bits per heavy atom. The molecule has 6 heteroatoms. The van der Waals surface area contributed by atoms with Gasteiger partial charge in [-0.1, -0.05) is 12.8 Å². The smallest absolute Gasteiger partial charge is 0.461 e. The third kappa shape index (κ3) is 5.43. The third-order valence-electron chi connectivity index (χ3n) is 4.64. The number of hydrogen-bond acceptors (Lipinski definition) is 4. The van der Waals surface area contributed by atoms with Crippen LogP contribution in [0.2, 0.25) is 5.82 Å². The van der Waals surface area contributed by atoms with Gasteiger partial charge in [0.1, 0.15) is 0 Å². The number of unbranched alkanes of at least 4 members (excludes halogenated alkanes) is 1. The van der Waals surface area contributed by atoms with Crippen LogP contribution in [0.5, 0.6) is 0 Å². The molecule has 1 aliphatic heterocycles. The van der Waals surface area contributed by atoms with Crippen molar-refractivity contribution in [3.8, 4) is 0 Å². The number of hydrogen-bond donors (Lipinski definition) is 0. The van der Waals surface area contributed by atoms with Crippen molar-refractivity contribution in [2.45, 2.75) is 83.7 Å². The average Bonchev–Trinajstić information content (AvgIpc) is 2.62. The molecule has 0 bridgehead atoms. The Morgan fingerprint density at radius 3 is 2.23 bits per heavy atom. The van der Waals surface area contributed by atoms with Gasteiger partial charge in [-0.05, 0) is 53.3 Å². The first-order valence-corrected chi connectivity index (χ1v) is 8.84. The zero-order valence-electron chi connectivity index (χ0n) is 14.6. The molecule has 0 aromatic carbocycles. The van der Waals surface area contributed by atoms with Crippen LogP contribution in [-0.2, 0) is 18.8 Å². The first-order valence-electron chi connectivity index (χ1n) is 8.30. The van der Waals surface area contributed by atoms with E-state index < -0.39 is 0 Å². The zero-order chi connectivity index (χ0) is 16.8. The molecule has 0 aliphatic carbocycles. The van der Waals surface area contributed by atoms with Crippen molar-refractivity contribution in [2.75, 3.05) is 12.5 Å². The van der Waals surface area contributed by atoms with Crippen molar-refractivity contribution in [2.24, 2.45) is 0 Å². The van der Waals surface area contributed by atoms with E-state index in [-0.39, 0.29) is 30.1 Å². The van der Waals surface area contributed by atoms with Crippen LogP contribution in [0.15, 0.2) is 0 Å². The maximum atomic E-state index is 11.6. The molecule has 1 fully saturated rings. The highest BCUT2D eigenvalue weighted by molar-refractivity contribution is 6.47. The minimum Gasteiger partial charge on any atom is -0.466 e. The molecule has 1 saturated heterocycles. The Balaban J connectivity index is 2.63. The summed E-state index contributed by atoms with van der Waals surface area (Å²) >= 11 is 5.77. The van der Waals surface area contributed by atoms with Gasteiger partial charge in [0, 0.05) is 12.3 Å². The van der Waals surface area contributed by atoms with E-state index >= 15 is 0 Å². The predicted octanol–water partition coefficient (Wildman–Crippen LogP) is 4.20. The van der Waals surface area contributed by atoms with Crippen LogP contribution >= 0.6 is 11.6 Å². The van der Waals surface area contributed by atoms with Gasteiger partial charge in [-0.25, -0.2) is 0 Å². The number of halogens is 1. The van der Waals surface area contributed by atoms with Crippen LogP contribution in [-0.4, -0.2) is 36.8 Å². The lowest BCUT2D eigenvalue weighted by atomic mass is 9.67. The first-order chi connectivity index (χ1) is 10.2. The molecule has 128 valence electrons. The molecule has 22 heavy (non-hydrogen) atoms. The number of carbonyl (C=O) groups excluding carboxylic acids is 1. The van der Waals surface area contributed by atoms with E-state index in [4.69, 9.17) is 25.6 Å². The summed E-state index contributed by atoms with van der Waals surface area (Å²) in [5.41, 5.74) is -0.682. The number of rotatable bonds is 9. The second-order valence-corrected chi connectivity index (χ2v) is 7.29. The van der Waals surface area contributed by atoms with Crippen LogP contribution in [0.3, 0.4) is 0 Å². The van der Waals surface area contributed by atoms with Gasteiger partial charge in [0.2, 0.25) is 0 Å². The summed E-state index contributed by atoms with van der Waals surface area (Å²) in [6.07, 6.45) is 4.06. The minimum absolute atomic E-state index is 0.152. The number of esters is 1. The third-order valence-corrected chi connectivity index (χ3v) is 4.91. The Labute approximate surface area is 140 Å². The van der Waals surface area contributed by atoms with Gasteiger partial charge in [0.05, 0.1) is 17.8 Å². The molecule has 0 amide bonds. The Kier molecular flexibility index (Phi) is 7.70. The maximum absolute atomic E-state index is 11.6. The molecule has 0 saturated carbocycles. The first kappa shape index (κ1) is 19.8. The summed E-state index contributed by atoms with van der Waals surface area (Å²) in [7, 11) is -0.269. The van der Waals surface area contributed by atoms with E-state index in [1.807, 2.05) is 34.6 Å². The Hall–Kier alpha value is -0.255. The van der Waals surface area contributed by atoms with E-state index in [1.165, 1.54) is 0 Å². The Morgan fingerprint density at radius 2 is 1.73 bits per heavy atom. The van der Waals surface area contributed by atoms with Gasteiger partial charge < -0.3 is 14.0 Å². The Bertz CT molecular complexity index is 344. The van der Waals surface area contributed by atoms with Crippen LogP contribution < -0.4 is 0 Å². The van der Waals surface area contributed by atoms with E-state index in [9.17, 15) is 4.79 Å². The highest BCUT2D eigenvalue weighted by atomic mass is 35.5. The lowest BCUT2D eigenvalue weighted by Gasteiger charge is -2.32. The summed E-state index contributed by atoms with van der Waals surface area (Å²) in [6.45, 7) is 10.4. The fraction of sp³-hybridized carbons (Fsp3) is 0.938. The van der Waals surface area contributed by atoms with E-state index in [1.54, 1.807) is 0 Å². The molecule has 0 aromatic rings. The fourth-order valence-electron chi connectivity index (χ4n) is 2.54. The summed E-state index contributed by atoms with van der Waals surface area (Å²) in [4.78, 5) is 11.6. The SMILES string of the molecule is CCOC(=O)CCC(CCCCCl)B1OC(C)(C)C(C)(C)O1. The number of carbonyl (C=O) groups is 1. The predicted molar refractivity (Wildman–Crippen MR) is 90.3 cm³/mol. The average molecular weight is 333 g/mol. The fourth-order valence-corrected chi connectivity index (χ4v) is 2.72. The van der Waals surface area contributed by atoms with Gasteiger partial charge >= 0.3 is 13.1 Å². The molecule has 4 nitrogen and oxygen atoms in total. The van der Waals surface area contributed by atoms with Crippen molar-refractivity contribution in [1.29, 1.82) is 0 Å². The molecule has 0 spiro atoms. The normalized spacial score (nSPS) is 20.9. The van der Waals surface area contributed by atoms with Crippen molar-refractivity contribution in [3.63, 3.8) is 0 Å². The molecule has 0 aromatic heterocycles. The van der Waals surface area contributed by atoms with E-state index in [0.29, 0.717) is 18.9 Å². The monoisotopic (exact) mass is 332 g/mol. The molecular weight excluding hydrogens is 302 g/mol. The standard InChI is InChI=1S/C16H30BClO4/c1-6-20-14(19)11-10-13(9-7-8-12-18)17-21-15(2,3)16(4,5)22-17/h13H,6-12H2,1-5H3. The van der Waals surface area contributed by atoms with Gasteiger partial charge in [-0.3, -0.25) is 4.79 Å². The molecule has 1 rings (SSSR count). The molecule has 0 N–H and O–H groups in total. The number of alkyl halides is 1. The van der Waals surface area contributed by atoms with Crippen LogP contribution in [0, 0.1) is 0 Å². The molecule has 0 radical (unpaired) electrons. The molecular formula is C16H30BClO4. The molecule has 1 unspecified atom stereocenters. The van der Waals surface area contributed by atoms with Gasteiger partial charge in [-0.2, -0.15) is 0 Å². The van der Waals surface area contributed by atoms with Crippen LogP contribution in [0.4, 0.5) is 0 Å². The summed E-state index contributed by atoms with van der Waals surface area (Å²) in [6, 6.07) is 0. The summed E-state index contributed by atoms with van der Waals surface area (Å²) < 4.78 is 17.3. The summed E-state index contributed by atoms with van der Waals surface area (Å²) in [5, 5.41) is 0. The van der Waals surface area contributed by atoms with Crippen LogP contribution in [0.1, 0.15) is 66.7 Å². The second kappa shape index (κ2) is 8.56. The lowest BCUT2D eigenvalue weighted by Crippen LogP contribution is -2.41. The lowest BCUT2D eigenvalue weighted by molar-refractivity contribution is -0.143. The van der Waals surface area contributed by atoms with Crippen LogP contribution in [0.25, 0.3) is 0 Å². The second-order valence-electron chi connectivity index (χ2n) is 6.91. The highest BCUT2D eigenvalue weighted by Gasteiger charge is 2.53.